The molecule has 0 saturated heterocycles. The maximum Gasteiger partial charge on any atom is 0.275 e. The number of rotatable bonds is 3. The molecule has 0 amide bonds. The molecule has 27 heavy (non-hydrogen) atoms. The van der Waals surface area contributed by atoms with Crippen LogP contribution >= 0.6 is 11.5 Å². The number of aromatic nitrogens is 5. The Bertz CT molecular complexity index is 1220. The second kappa shape index (κ2) is 5.63. The Kier molecular flexibility index (Phi) is 3.19. The number of H-pyrrole nitrogens is 1. The van der Waals surface area contributed by atoms with Crippen LogP contribution in [-0.2, 0) is 0 Å². The number of fused-ring (bicyclic) bond motifs is 4. The van der Waals surface area contributed by atoms with Gasteiger partial charge in [-0.15, -0.1) is 0 Å². The lowest BCUT2D eigenvalue weighted by atomic mass is 9.95. The van der Waals surface area contributed by atoms with E-state index in [4.69, 9.17) is 4.98 Å². The zero-order valence-corrected chi connectivity index (χ0v) is 15.4. The van der Waals surface area contributed by atoms with Gasteiger partial charge in [0.1, 0.15) is 5.52 Å². The summed E-state index contributed by atoms with van der Waals surface area (Å²) >= 11 is 1.37. The predicted octanol–water partition coefficient (Wildman–Crippen LogP) is 3.32. The molecule has 0 spiro atoms. The lowest BCUT2D eigenvalue weighted by Crippen LogP contribution is -2.27. The molecule has 6 rings (SSSR count). The van der Waals surface area contributed by atoms with Gasteiger partial charge in [-0.1, -0.05) is 18.6 Å². The van der Waals surface area contributed by atoms with Crippen molar-refractivity contribution in [2.45, 2.75) is 31.7 Å². The van der Waals surface area contributed by atoms with Gasteiger partial charge in [0.2, 0.25) is 0 Å². The van der Waals surface area contributed by atoms with Gasteiger partial charge in [0, 0.05) is 6.04 Å². The molecule has 136 valence electrons. The predicted molar refractivity (Wildman–Crippen MR) is 106 cm³/mol. The van der Waals surface area contributed by atoms with E-state index in [9.17, 15) is 4.79 Å². The van der Waals surface area contributed by atoms with Crippen LogP contribution in [0.1, 0.15) is 25.7 Å². The van der Waals surface area contributed by atoms with E-state index in [1.807, 2.05) is 24.3 Å². The van der Waals surface area contributed by atoms with Crippen LogP contribution in [0.15, 0.2) is 35.4 Å². The molecule has 0 radical (unpaired) electrons. The largest absolute Gasteiger partial charge is 0.365 e. The Morgan fingerprint density at radius 3 is 2.93 bits per heavy atom. The summed E-state index contributed by atoms with van der Waals surface area (Å²) < 4.78 is 2.49. The number of anilines is 1. The molecule has 2 aliphatic rings. The number of hydrogen-bond donors (Lipinski definition) is 2. The highest BCUT2D eigenvalue weighted by Crippen LogP contribution is 2.45. The third-order valence-corrected chi connectivity index (χ3v) is 7.07. The van der Waals surface area contributed by atoms with Crippen molar-refractivity contribution in [3.63, 3.8) is 0 Å². The van der Waals surface area contributed by atoms with Crippen molar-refractivity contribution >= 4 is 38.6 Å². The summed E-state index contributed by atoms with van der Waals surface area (Å²) in [5, 5.41) is 4.32. The molecule has 2 aliphatic carbocycles. The molecule has 2 saturated carbocycles. The van der Waals surface area contributed by atoms with Gasteiger partial charge in [0.25, 0.3) is 11.5 Å². The highest BCUT2D eigenvalue weighted by Gasteiger charge is 2.39. The number of imidazole rings is 1. The van der Waals surface area contributed by atoms with Gasteiger partial charge in [0.15, 0.2) is 11.5 Å². The minimum absolute atomic E-state index is 0.0867. The van der Waals surface area contributed by atoms with Crippen LogP contribution in [0.2, 0.25) is 0 Å². The van der Waals surface area contributed by atoms with Crippen molar-refractivity contribution in [2.24, 2.45) is 11.8 Å². The molecule has 3 heterocycles. The van der Waals surface area contributed by atoms with Crippen LogP contribution in [0.25, 0.3) is 27.2 Å². The number of benzene rings is 1. The maximum absolute atomic E-state index is 12.8. The van der Waals surface area contributed by atoms with Crippen LogP contribution in [0.5, 0.6) is 0 Å². The average Bonchev–Trinajstić information content (AvgIpc) is 3.45. The number of nitrogens with zero attached hydrogens (tertiary/aromatic N) is 4. The molecule has 1 aromatic carbocycles. The van der Waals surface area contributed by atoms with E-state index in [0.29, 0.717) is 23.0 Å². The minimum Gasteiger partial charge on any atom is -0.365 e. The molecule has 2 bridgehead atoms. The first-order valence-electron chi connectivity index (χ1n) is 9.35. The second-order valence-corrected chi connectivity index (χ2v) is 8.57. The molecule has 2 unspecified atom stereocenters. The summed E-state index contributed by atoms with van der Waals surface area (Å²) in [4.78, 5) is 29.5. The van der Waals surface area contributed by atoms with Crippen molar-refractivity contribution in [3.05, 3.63) is 40.9 Å². The molecular weight excluding hydrogens is 360 g/mol. The fourth-order valence-electron chi connectivity index (χ4n) is 4.72. The van der Waals surface area contributed by atoms with Crippen LogP contribution < -0.4 is 10.9 Å². The van der Waals surface area contributed by atoms with Crippen LogP contribution in [0.3, 0.4) is 0 Å². The van der Waals surface area contributed by atoms with Crippen LogP contribution in [0, 0.1) is 11.8 Å². The molecule has 4 aromatic rings. The van der Waals surface area contributed by atoms with Crippen LogP contribution in [-0.4, -0.2) is 29.9 Å². The Morgan fingerprint density at radius 2 is 2.11 bits per heavy atom. The third kappa shape index (κ3) is 2.32. The summed E-state index contributed by atoms with van der Waals surface area (Å²) in [5.41, 5.74) is 1.29. The topological polar surface area (TPSA) is 88.5 Å². The summed E-state index contributed by atoms with van der Waals surface area (Å²) in [5.74, 6) is 2.69. The first kappa shape index (κ1) is 15.3. The second-order valence-electron chi connectivity index (χ2n) is 7.59. The van der Waals surface area contributed by atoms with Gasteiger partial charge in [-0.25, -0.2) is 4.98 Å². The highest BCUT2D eigenvalue weighted by molar-refractivity contribution is 7.14. The molecular formula is C19H18N6OS. The molecule has 3 atom stereocenters. The van der Waals surface area contributed by atoms with Crippen molar-refractivity contribution in [2.75, 3.05) is 5.32 Å². The van der Waals surface area contributed by atoms with E-state index in [-0.39, 0.29) is 5.56 Å². The third-order valence-electron chi connectivity index (χ3n) is 6.01. The Hall–Kier alpha value is -2.74. The van der Waals surface area contributed by atoms with Gasteiger partial charge in [0.05, 0.1) is 16.4 Å². The van der Waals surface area contributed by atoms with Crippen molar-refractivity contribution < 1.29 is 0 Å². The smallest absolute Gasteiger partial charge is 0.275 e. The monoisotopic (exact) mass is 378 g/mol. The molecule has 0 aliphatic heterocycles. The molecule has 7 nitrogen and oxygen atoms in total. The lowest BCUT2D eigenvalue weighted by Gasteiger charge is -2.23. The van der Waals surface area contributed by atoms with Crippen molar-refractivity contribution in [1.82, 2.24) is 23.9 Å². The van der Waals surface area contributed by atoms with E-state index in [0.717, 1.165) is 27.9 Å². The Morgan fingerprint density at radius 1 is 1.19 bits per heavy atom. The van der Waals surface area contributed by atoms with Crippen LogP contribution in [0.4, 0.5) is 5.82 Å². The number of aromatic amines is 1. The van der Waals surface area contributed by atoms with Gasteiger partial charge in [-0.2, -0.15) is 13.9 Å². The molecule has 8 heteroatoms. The van der Waals surface area contributed by atoms with Gasteiger partial charge >= 0.3 is 0 Å². The normalized spacial score (nSPS) is 24.2. The van der Waals surface area contributed by atoms with E-state index >= 15 is 0 Å². The first-order valence-corrected chi connectivity index (χ1v) is 10.1. The maximum atomic E-state index is 12.8. The molecule has 3 aromatic heterocycles. The van der Waals surface area contributed by atoms with Gasteiger partial charge in [-0.05, 0) is 54.8 Å². The average molecular weight is 378 g/mol. The van der Waals surface area contributed by atoms with E-state index in [2.05, 4.69) is 20.3 Å². The van der Waals surface area contributed by atoms with Gasteiger partial charge < -0.3 is 10.3 Å². The summed E-state index contributed by atoms with van der Waals surface area (Å²) in [6.07, 6.45) is 6.79. The fraction of sp³-hybridized carbons (Fsp3) is 0.368. The Labute approximate surface area is 158 Å². The summed E-state index contributed by atoms with van der Waals surface area (Å²) in [6, 6.07) is 8.03. The standard InChI is InChI=1S/C19H18N6OS/c26-18-12-3-1-2-4-14(12)27-25(18)19-23-16-15(20-9-21-16)17(24-19)22-13-8-10-5-6-11(13)7-10/h1-4,9-11,13H,5-8H2,(H2,20,21,22,23,24)/t10?,11-,13?/m1/s1. The van der Waals surface area contributed by atoms with Crippen molar-refractivity contribution in [3.8, 4) is 5.95 Å². The quantitative estimate of drug-likeness (QED) is 0.571. The summed E-state index contributed by atoms with van der Waals surface area (Å²) in [7, 11) is 0. The zero-order valence-electron chi connectivity index (χ0n) is 14.6. The first-order chi connectivity index (χ1) is 13.3. The summed E-state index contributed by atoms with van der Waals surface area (Å²) in [6.45, 7) is 0. The lowest BCUT2D eigenvalue weighted by molar-refractivity contribution is 0.439. The molecule has 2 fully saturated rings. The van der Waals surface area contributed by atoms with E-state index in [1.54, 1.807) is 10.3 Å². The number of hydrogen-bond acceptors (Lipinski definition) is 6. The highest BCUT2D eigenvalue weighted by atomic mass is 32.1. The Balaban J connectivity index is 1.48. The minimum atomic E-state index is -0.0867. The van der Waals surface area contributed by atoms with E-state index < -0.39 is 0 Å². The molecule has 2 N–H and O–H groups in total. The SMILES string of the molecule is O=c1c2ccccc2sn1-c1nc(NC2CC3CC[C@@H]2C3)c2[nH]cnc2n1. The van der Waals surface area contributed by atoms with Crippen molar-refractivity contribution in [1.29, 1.82) is 0 Å². The zero-order chi connectivity index (χ0) is 18.0. The number of nitrogens with one attached hydrogen (secondary N) is 2. The fourth-order valence-corrected chi connectivity index (χ4v) is 5.65. The van der Waals surface area contributed by atoms with E-state index in [1.165, 1.54) is 37.2 Å². The van der Waals surface area contributed by atoms with Gasteiger partial charge in [-0.3, -0.25) is 4.79 Å².